The van der Waals surface area contributed by atoms with Crippen molar-refractivity contribution in [2.75, 3.05) is 18.2 Å². The maximum Gasteiger partial charge on any atom is 0.206 e. The number of benzene rings is 2. The first-order chi connectivity index (χ1) is 18.2. The van der Waals surface area contributed by atoms with Crippen LogP contribution in [0.2, 0.25) is 0 Å². The summed E-state index contributed by atoms with van der Waals surface area (Å²) in [5, 5.41) is 12.8. The van der Waals surface area contributed by atoms with Crippen molar-refractivity contribution in [3.8, 4) is 22.8 Å². The lowest BCUT2D eigenvalue weighted by molar-refractivity contribution is 0.371. The van der Waals surface area contributed by atoms with Gasteiger partial charge in [-0.05, 0) is 66.1 Å². The van der Waals surface area contributed by atoms with Crippen LogP contribution in [0.5, 0.6) is 11.5 Å². The molecule has 0 bridgehead atoms. The van der Waals surface area contributed by atoms with Crippen LogP contribution in [0, 0.1) is 17.9 Å². The number of ether oxygens (including phenoxy) is 1. The van der Waals surface area contributed by atoms with Gasteiger partial charge in [-0.1, -0.05) is 35.6 Å². The van der Waals surface area contributed by atoms with Gasteiger partial charge in [0.1, 0.15) is 16.5 Å². The Balaban J connectivity index is 0.000000180. The summed E-state index contributed by atoms with van der Waals surface area (Å²) in [6, 6.07) is 11.7. The molecular weight excluding hydrogens is 534 g/mol. The fraction of sp³-hybridized carbons (Fsp3) is 0.231. The molecule has 4 N–H and O–H groups in total. The molecule has 0 spiro atoms. The van der Waals surface area contributed by atoms with Gasteiger partial charge in [0.05, 0.1) is 19.0 Å². The number of anilines is 2. The van der Waals surface area contributed by atoms with E-state index in [-0.39, 0.29) is 27.4 Å². The highest BCUT2D eigenvalue weighted by Crippen LogP contribution is 2.42. The summed E-state index contributed by atoms with van der Waals surface area (Å²) in [4.78, 5) is 7.75. The van der Waals surface area contributed by atoms with Crippen LogP contribution in [0.25, 0.3) is 11.3 Å². The minimum Gasteiger partial charge on any atom is -0.767 e. The molecule has 2 aromatic heterocycles. The topological polar surface area (TPSA) is 133 Å². The lowest BCUT2D eigenvalue weighted by atomic mass is 10.1. The van der Waals surface area contributed by atoms with E-state index in [2.05, 4.69) is 15.3 Å². The number of aromatic nitrogens is 2. The maximum absolute atomic E-state index is 13.8. The van der Waals surface area contributed by atoms with Crippen molar-refractivity contribution >= 4 is 33.2 Å². The monoisotopic (exact) mass is 559 g/mol. The number of pyridine rings is 1. The SMILES string of the molecule is COc1cccc(CNc2cnc(S(=O)[O-])c(C)c2)c1O.Nc1nc(-c2ccc(C3CC3)c(F)c2)c(F)s1. The number of rotatable bonds is 7. The number of nitrogen functional groups attached to an aromatic ring is 1. The van der Waals surface area contributed by atoms with E-state index >= 15 is 0 Å². The third-order valence-corrected chi connectivity index (χ3v) is 7.28. The third-order valence-electron chi connectivity index (χ3n) is 5.87. The van der Waals surface area contributed by atoms with Crippen LogP contribution >= 0.6 is 11.3 Å². The number of thiazole rings is 1. The first kappa shape index (κ1) is 27.4. The molecule has 200 valence electrons. The van der Waals surface area contributed by atoms with Crippen LogP contribution in [0.4, 0.5) is 19.6 Å². The molecule has 8 nitrogen and oxygen atoms in total. The number of aromatic hydroxyl groups is 1. The maximum atomic E-state index is 13.8. The molecule has 38 heavy (non-hydrogen) atoms. The molecule has 1 unspecified atom stereocenters. The Morgan fingerprint density at radius 3 is 2.61 bits per heavy atom. The van der Waals surface area contributed by atoms with Crippen molar-refractivity contribution in [2.45, 2.75) is 37.3 Å². The fourth-order valence-corrected chi connectivity index (χ4v) is 4.84. The first-order valence-corrected chi connectivity index (χ1v) is 13.4. The summed E-state index contributed by atoms with van der Waals surface area (Å²) in [5.74, 6) is 0.542. The minimum absolute atomic E-state index is 0.0322. The van der Waals surface area contributed by atoms with E-state index in [1.165, 1.54) is 19.4 Å². The number of nitrogens with two attached hydrogens (primary N) is 1. The minimum atomic E-state index is -2.34. The lowest BCUT2D eigenvalue weighted by Crippen LogP contribution is -2.03. The van der Waals surface area contributed by atoms with Crippen molar-refractivity contribution in [1.29, 1.82) is 0 Å². The Morgan fingerprint density at radius 2 is 2.03 bits per heavy atom. The largest absolute Gasteiger partial charge is 0.767 e. The van der Waals surface area contributed by atoms with Gasteiger partial charge < -0.3 is 25.4 Å². The molecule has 0 aliphatic heterocycles. The second-order valence-corrected chi connectivity index (χ2v) is 10.4. The number of hydrogen-bond acceptors (Lipinski definition) is 9. The quantitative estimate of drug-likeness (QED) is 0.253. The predicted octanol–water partition coefficient (Wildman–Crippen LogP) is 5.50. The van der Waals surface area contributed by atoms with Gasteiger partial charge in [0.2, 0.25) is 5.13 Å². The highest BCUT2D eigenvalue weighted by Gasteiger charge is 2.27. The van der Waals surface area contributed by atoms with Gasteiger partial charge in [0.25, 0.3) is 0 Å². The molecule has 5 rings (SSSR count). The number of nitrogens with zero attached hydrogens (tertiary/aromatic N) is 2. The summed E-state index contributed by atoms with van der Waals surface area (Å²) >= 11 is -1.57. The van der Waals surface area contributed by atoms with Crippen molar-refractivity contribution in [2.24, 2.45) is 0 Å². The van der Waals surface area contributed by atoms with Crippen LogP contribution in [-0.2, 0) is 17.6 Å². The molecule has 2 aromatic carbocycles. The summed E-state index contributed by atoms with van der Waals surface area (Å²) in [6.45, 7) is 2.04. The molecule has 1 fully saturated rings. The summed E-state index contributed by atoms with van der Waals surface area (Å²) in [5.41, 5.74) is 8.61. The summed E-state index contributed by atoms with van der Waals surface area (Å²) in [7, 11) is 1.49. The lowest BCUT2D eigenvalue weighted by Gasteiger charge is -2.12. The average molecular weight is 560 g/mol. The zero-order chi connectivity index (χ0) is 27.4. The number of phenolic OH excluding ortho intramolecular Hbond substituents is 1. The number of aryl methyl sites for hydroxylation is 1. The van der Waals surface area contributed by atoms with E-state index in [1.807, 2.05) is 0 Å². The number of hydrogen-bond donors (Lipinski definition) is 3. The number of methoxy groups -OCH3 is 1. The molecule has 1 atom stereocenters. The number of nitrogens with one attached hydrogen (secondary N) is 1. The van der Waals surface area contributed by atoms with Crippen LogP contribution in [-0.4, -0.2) is 30.9 Å². The predicted molar refractivity (Wildman–Crippen MR) is 142 cm³/mol. The van der Waals surface area contributed by atoms with Crippen molar-refractivity contribution in [1.82, 2.24) is 9.97 Å². The van der Waals surface area contributed by atoms with Crippen molar-refractivity contribution < 1.29 is 27.4 Å². The smallest absolute Gasteiger partial charge is 0.206 e. The first-order valence-electron chi connectivity index (χ1n) is 11.5. The Hall–Kier alpha value is -3.61. The fourth-order valence-electron chi connectivity index (χ4n) is 3.80. The van der Waals surface area contributed by atoms with Crippen molar-refractivity contribution in [3.05, 3.63) is 76.3 Å². The molecule has 1 aliphatic rings. The van der Waals surface area contributed by atoms with E-state index < -0.39 is 16.2 Å². The molecule has 0 radical (unpaired) electrons. The zero-order valence-corrected chi connectivity index (χ0v) is 22.2. The van der Waals surface area contributed by atoms with Gasteiger partial charge in [-0.15, -0.1) is 0 Å². The van der Waals surface area contributed by atoms with E-state index in [0.717, 1.165) is 29.7 Å². The van der Waals surface area contributed by atoms with Gasteiger partial charge in [-0.3, -0.25) is 4.21 Å². The van der Waals surface area contributed by atoms with Gasteiger partial charge in [0.15, 0.2) is 16.6 Å². The number of phenols is 1. The number of para-hydroxylation sites is 1. The average Bonchev–Trinajstić information content (AvgIpc) is 3.66. The molecule has 12 heteroatoms. The second-order valence-electron chi connectivity index (χ2n) is 8.59. The van der Waals surface area contributed by atoms with Crippen LogP contribution < -0.4 is 15.8 Å². The van der Waals surface area contributed by atoms with Gasteiger partial charge in [-0.25, -0.2) is 14.4 Å². The Morgan fingerprint density at radius 1 is 1.26 bits per heavy atom. The zero-order valence-electron chi connectivity index (χ0n) is 20.5. The summed E-state index contributed by atoms with van der Waals surface area (Å²) < 4.78 is 54.1. The molecule has 2 heterocycles. The van der Waals surface area contributed by atoms with E-state index in [9.17, 15) is 22.6 Å². The molecule has 1 saturated carbocycles. The molecule has 4 aromatic rings. The van der Waals surface area contributed by atoms with Crippen molar-refractivity contribution in [3.63, 3.8) is 0 Å². The van der Waals surface area contributed by atoms with Gasteiger partial charge in [-0.2, -0.15) is 4.39 Å². The molecule has 1 aliphatic carbocycles. The van der Waals surface area contributed by atoms with Crippen LogP contribution in [0.3, 0.4) is 0 Å². The van der Waals surface area contributed by atoms with E-state index in [0.29, 0.717) is 40.6 Å². The highest BCUT2D eigenvalue weighted by atomic mass is 32.2. The highest BCUT2D eigenvalue weighted by molar-refractivity contribution is 7.79. The van der Waals surface area contributed by atoms with Gasteiger partial charge in [0, 0.05) is 17.7 Å². The standard InChI is InChI=1S/C14H16N2O4S.C12H10F2N2S/c1-9-6-11(8-16-14(9)21(18)19)15-7-10-4-3-5-12(20-2)13(10)17;13-9-5-7(3-4-8(9)6-1-2-6)10-11(14)17-12(15)16-10/h3-6,8,15,17H,7H2,1-2H3,(H,18,19);3-6H,1-2H2,(H2,15,16)/p-1. The Kier molecular flexibility index (Phi) is 8.55. The molecule has 0 saturated heterocycles. The van der Waals surface area contributed by atoms with Gasteiger partial charge >= 0.3 is 0 Å². The van der Waals surface area contributed by atoms with E-state index in [4.69, 9.17) is 10.5 Å². The Bertz CT molecular complexity index is 1480. The normalized spacial score (nSPS) is 13.4. The molecular formula is C26H25F2N4O4S2-. The second kappa shape index (κ2) is 11.8. The number of halogens is 2. The third kappa shape index (κ3) is 6.44. The Labute approximate surface area is 224 Å². The van der Waals surface area contributed by atoms with E-state index in [1.54, 1.807) is 43.3 Å². The van der Waals surface area contributed by atoms with Crippen LogP contribution in [0.1, 0.15) is 35.4 Å². The van der Waals surface area contributed by atoms with Crippen LogP contribution in [0.15, 0.2) is 53.7 Å². The molecule has 0 amide bonds. The summed E-state index contributed by atoms with van der Waals surface area (Å²) in [6.07, 6.45) is 3.51.